The highest BCUT2D eigenvalue weighted by Gasteiger charge is 2.32. The maximum absolute atomic E-state index is 3.54. The number of aryl methyl sites for hydroxylation is 1. The molecule has 2 aliphatic rings. The van der Waals surface area contributed by atoms with E-state index in [0.29, 0.717) is 0 Å². The summed E-state index contributed by atoms with van der Waals surface area (Å²) in [6.07, 6.45) is 2.52. The van der Waals surface area contributed by atoms with E-state index in [0.717, 1.165) is 24.8 Å². The van der Waals surface area contributed by atoms with E-state index < -0.39 is 0 Å². The third kappa shape index (κ3) is 2.60. The molecular formula is C16H24N2. The molecule has 3 rings (SSSR count). The molecule has 2 atom stereocenters. The zero-order valence-corrected chi connectivity index (χ0v) is 11.4. The molecule has 0 radical (unpaired) electrons. The molecule has 0 amide bonds. The molecule has 0 spiro atoms. The van der Waals surface area contributed by atoms with Gasteiger partial charge in [0.25, 0.3) is 0 Å². The van der Waals surface area contributed by atoms with E-state index >= 15 is 0 Å². The van der Waals surface area contributed by atoms with Crippen LogP contribution < -0.4 is 5.32 Å². The molecule has 0 aliphatic carbocycles. The van der Waals surface area contributed by atoms with E-state index in [2.05, 4.69) is 41.4 Å². The Kier molecular flexibility index (Phi) is 3.67. The van der Waals surface area contributed by atoms with Crippen molar-refractivity contribution < 1.29 is 0 Å². The standard InChI is InChI=1S/C16H24N2/c1-2-13-3-5-14(6-4-13)11-18-8-7-15-9-17-10-16(15)12-18/h3-6,15-17H,2,7-12H2,1H3. The van der Waals surface area contributed by atoms with Crippen molar-refractivity contribution in [2.45, 2.75) is 26.3 Å². The topological polar surface area (TPSA) is 15.3 Å². The summed E-state index contributed by atoms with van der Waals surface area (Å²) in [6, 6.07) is 9.16. The fourth-order valence-electron chi connectivity index (χ4n) is 3.39. The summed E-state index contributed by atoms with van der Waals surface area (Å²) >= 11 is 0. The normalized spacial score (nSPS) is 28.3. The summed E-state index contributed by atoms with van der Waals surface area (Å²) < 4.78 is 0. The molecule has 0 saturated carbocycles. The SMILES string of the molecule is CCc1ccc(CN2CCC3CNCC3C2)cc1. The Bertz CT molecular complexity index is 385. The Balaban J connectivity index is 1.58. The monoisotopic (exact) mass is 244 g/mol. The van der Waals surface area contributed by atoms with Crippen molar-refractivity contribution in [3.8, 4) is 0 Å². The Morgan fingerprint density at radius 3 is 2.61 bits per heavy atom. The average molecular weight is 244 g/mol. The van der Waals surface area contributed by atoms with Crippen LogP contribution in [-0.4, -0.2) is 31.1 Å². The second kappa shape index (κ2) is 5.41. The van der Waals surface area contributed by atoms with Crippen LogP contribution in [0.5, 0.6) is 0 Å². The first kappa shape index (κ1) is 12.2. The van der Waals surface area contributed by atoms with Gasteiger partial charge in [-0.1, -0.05) is 31.2 Å². The Morgan fingerprint density at radius 2 is 1.83 bits per heavy atom. The van der Waals surface area contributed by atoms with Crippen molar-refractivity contribution in [2.75, 3.05) is 26.2 Å². The van der Waals surface area contributed by atoms with Crippen LogP contribution in [-0.2, 0) is 13.0 Å². The lowest BCUT2D eigenvalue weighted by molar-refractivity contribution is 0.142. The molecule has 18 heavy (non-hydrogen) atoms. The van der Waals surface area contributed by atoms with Gasteiger partial charge in [0.1, 0.15) is 0 Å². The summed E-state index contributed by atoms with van der Waals surface area (Å²) in [7, 11) is 0. The smallest absolute Gasteiger partial charge is 0.0233 e. The minimum absolute atomic E-state index is 0.897. The van der Waals surface area contributed by atoms with Gasteiger partial charge in [-0.05, 0) is 55.4 Å². The van der Waals surface area contributed by atoms with E-state index in [4.69, 9.17) is 0 Å². The first-order chi connectivity index (χ1) is 8.85. The Hall–Kier alpha value is -0.860. The van der Waals surface area contributed by atoms with Crippen LogP contribution in [0.4, 0.5) is 0 Å². The number of hydrogen-bond acceptors (Lipinski definition) is 2. The van der Waals surface area contributed by atoms with Gasteiger partial charge in [0, 0.05) is 13.1 Å². The van der Waals surface area contributed by atoms with E-state index in [-0.39, 0.29) is 0 Å². The minimum Gasteiger partial charge on any atom is -0.316 e. The third-order valence-electron chi connectivity index (χ3n) is 4.63. The molecule has 2 fully saturated rings. The van der Waals surface area contributed by atoms with Gasteiger partial charge in [-0.15, -0.1) is 0 Å². The van der Waals surface area contributed by atoms with Crippen LogP contribution in [0.2, 0.25) is 0 Å². The Labute approximate surface area is 110 Å². The molecule has 2 nitrogen and oxygen atoms in total. The van der Waals surface area contributed by atoms with Crippen LogP contribution in [0.25, 0.3) is 0 Å². The van der Waals surface area contributed by atoms with Crippen molar-refractivity contribution >= 4 is 0 Å². The van der Waals surface area contributed by atoms with Gasteiger partial charge in [0.05, 0.1) is 0 Å². The van der Waals surface area contributed by atoms with Gasteiger partial charge in [0.2, 0.25) is 0 Å². The highest BCUT2D eigenvalue weighted by Crippen LogP contribution is 2.27. The molecule has 0 aromatic heterocycles. The largest absolute Gasteiger partial charge is 0.316 e. The summed E-state index contributed by atoms with van der Waals surface area (Å²) in [5, 5.41) is 3.54. The third-order valence-corrected chi connectivity index (χ3v) is 4.63. The maximum Gasteiger partial charge on any atom is 0.0233 e. The predicted molar refractivity (Wildman–Crippen MR) is 75.6 cm³/mol. The average Bonchev–Trinajstić information content (AvgIpc) is 2.87. The molecule has 2 aliphatic heterocycles. The van der Waals surface area contributed by atoms with Crippen molar-refractivity contribution in [1.29, 1.82) is 0 Å². The lowest BCUT2D eigenvalue weighted by Gasteiger charge is -2.34. The quantitative estimate of drug-likeness (QED) is 0.877. The maximum atomic E-state index is 3.54. The number of nitrogens with one attached hydrogen (secondary N) is 1. The van der Waals surface area contributed by atoms with E-state index in [1.165, 1.54) is 43.7 Å². The van der Waals surface area contributed by atoms with Crippen LogP contribution >= 0.6 is 0 Å². The number of nitrogens with zero attached hydrogens (tertiary/aromatic N) is 1. The number of rotatable bonds is 3. The fraction of sp³-hybridized carbons (Fsp3) is 0.625. The first-order valence-electron chi connectivity index (χ1n) is 7.36. The van der Waals surface area contributed by atoms with Gasteiger partial charge in [-0.25, -0.2) is 0 Å². The van der Waals surface area contributed by atoms with Crippen molar-refractivity contribution in [2.24, 2.45) is 11.8 Å². The zero-order valence-electron chi connectivity index (χ0n) is 11.4. The highest BCUT2D eigenvalue weighted by atomic mass is 15.1. The number of hydrogen-bond donors (Lipinski definition) is 1. The van der Waals surface area contributed by atoms with Crippen LogP contribution in [0.15, 0.2) is 24.3 Å². The molecule has 0 bridgehead atoms. The fourth-order valence-corrected chi connectivity index (χ4v) is 3.39. The molecule has 2 heterocycles. The van der Waals surface area contributed by atoms with Gasteiger partial charge in [-0.2, -0.15) is 0 Å². The summed E-state index contributed by atoms with van der Waals surface area (Å²) in [5.74, 6) is 1.84. The lowest BCUT2D eigenvalue weighted by Crippen LogP contribution is -2.39. The number of benzene rings is 1. The predicted octanol–water partition coefficient (Wildman–Crippen LogP) is 2.29. The molecule has 1 N–H and O–H groups in total. The van der Waals surface area contributed by atoms with E-state index in [1.807, 2.05) is 0 Å². The second-order valence-corrected chi connectivity index (χ2v) is 5.87. The molecule has 2 unspecified atom stereocenters. The van der Waals surface area contributed by atoms with Crippen LogP contribution in [0.3, 0.4) is 0 Å². The molecule has 2 saturated heterocycles. The van der Waals surface area contributed by atoms with Crippen LogP contribution in [0.1, 0.15) is 24.5 Å². The highest BCUT2D eigenvalue weighted by molar-refractivity contribution is 5.22. The van der Waals surface area contributed by atoms with Gasteiger partial charge in [0.15, 0.2) is 0 Å². The number of likely N-dealkylation sites (tertiary alicyclic amines) is 1. The summed E-state index contributed by atoms with van der Waals surface area (Å²) in [6.45, 7) is 8.39. The van der Waals surface area contributed by atoms with E-state index in [9.17, 15) is 0 Å². The number of fused-ring (bicyclic) bond motifs is 1. The molecule has 98 valence electrons. The summed E-state index contributed by atoms with van der Waals surface area (Å²) in [5.41, 5.74) is 2.91. The second-order valence-electron chi connectivity index (χ2n) is 5.87. The lowest BCUT2D eigenvalue weighted by atomic mass is 9.88. The molecule has 1 aromatic carbocycles. The van der Waals surface area contributed by atoms with Crippen molar-refractivity contribution in [1.82, 2.24) is 10.2 Å². The minimum atomic E-state index is 0.897. The molecule has 2 heteroatoms. The van der Waals surface area contributed by atoms with E-state index in [1.54, 1.807) is 0 Å². The van der Waals surface area contributed by atoms with Crippen molar-refractivity contribution in [3.05, 3.63) is 35.4 Å². The number of piperidine rings is 1. The molecule has 1 aromatic rings. The van der Waals surface area contributed by atoms with Crippen molar-refractivity contribution in [3.63, 3.8) is 0 Å². The first-order valence-corrected chi connectivity index (χ1v) is 7.36. The Morgan fingerprint density at radius 1 is 1.11 bits per heavy atom. The zero-order chi connectivity index (χ0) is 12.4. The van der Waals surface area contributed by atoms with Crippen LogP contribution in [0, 0.1) is 11.8 Å². The molecular weight excluding hydrogens is 220 g/mol. The summed E-state index contributed by atoms with van der Waals surface area (Å²) in [4.78, 5) is 2.63. The van der Waals surface area contributed by atoms with Gasteiger partial charge in [-0.3, -0.25) is 4.90 Å². The van der Waals surface area contributed by atoms with Gasteiger partial charge >= 0.3 is 0 Å². The van der Waals surface area contributed by atoms with Gasteiger partial charge < -0.3 is 5.32 Å².